The molecule has 2 aromatic rings. The predicted octanol–water partition coefficient (Wildman–Crippen LogP) is 1.89. The fraction of sp³-hybridized carbons (Fsp3) is 0.300. The second-order valence-electron chi connectivity index (χ2n) is 6.62. The molecule has 0 saturated heterocycles. The Kier molecular flexibility index (Phi) is 6.38. The fourth-order valence-corrected chi connectivity index (χ4v) is 3.68. The van der Waals surface area contributed by atoms with Crippen LogP contribution in [0.15, 0.2) is 53.4 Å². The first-order chi connectivity index (χ1) is 13.9. The van der Waals surface area contributed by atoms with Crippen LogP contribution in [-0.2, 0) is 14.8 Å². The highest BCUT2D eigenvalue weighted by Crippen LogP contribution is 2.20. The molecule has 1 saturated carbocycles. The third-order valence-electron chi connectivity index (χ3n) is 4.18. The summed E-state index contributed by atoms with van der Waals surface area (Å²) in [5, 5.41) is 5.27. The van der Waals surface area contributed by atoms with Crippen LogP contribution in [0.4, 0.5) is 5.69 Å². The van der Waals surface area contributed by atoms with Gasteiger partial charge in [0, 0.05) is 17.3 Å². The molecule has 1 aliphatic rings. The van der Waals surface area contributed by atoms with Crippen LogP contribution in [0.3, 0.4) is 0 Å². The largest absolute Gasteiger partial charge is 0.494 e. The lowest BCUT2D eigenvalue weighted by Crippen LogP contribution is -2.37. The summed E-state index contributed by atoms with van der Waals surface area (Å²) in [6.07, 6.45) is 1.92. The third kappa shape index (κ3) is 5.95. The summed E-state index contributed by atoms with van der Waals surface area (Å²) in [4.78, 5) is 23.9. The van der Waals surface area contributed by atoms with Gasteiger partial charge in [-0.2, -0.15) is 0 Å². The van der Waals surface area contributed by atoms with E-state index in [-0.39, 0.29) is 29.0 Å². The number of nitrogens with one attached hydrogen (secondary N) is 3. The number of carbonyl (C=O) groups is 2. The second kappa shape index (κ2) is 8.95. The highest BCUT2D eigenvalue weighted by Gasteiger charge is 2.23. The molecule has 3 N–H and O–H groups in total. The maximum absolute atomic E-state index is 12.6. The van der Waals surface area contributed by atoms with Gasteiger partial charge in [0.2, 0.25) is 5.91 Å². The Morgan fingerprint density at radius 2 is 1.83 bits per heavy atom. The molecule has 0 atom stereocenters. The van der Waals surface area contributed by atoms with E-state index in [1.807, 2.05) is 6.92 Å². The predicted molar refractivity (Wildman–Crippen MR) is 108 cm³/mol. The quantitative estimate of drug-likeness (QED) is 0.577. The van der Waals surface area contributed by atoms with E-state index in [0.717, 1.165) is 12.8 Å². The van der Waals surface area contributed by atoms with Gasteiger partial charge in [-0.15, -0.1) is 0 Å². The van der Waals surface area contributed by atoms with Crippen molar-refractivity contribution in [2.75, 3.05) is 17.9 Å². The number of hydrogen-bond donors (Lipinski definition) is 3. The van der Waals surface area contributed by atoms with Crippen LogP contribution < -0.4 is 20.1 Å². The van der Waals surface area contributed by atoms with Gasteiger partial charge in [-0.1, -0.05) is 6.07 Å². The molecule has 8 nitrogen and oxygen atoms in total. The van der Waals surface area contributed by atoms with Gasteiger partial charge in [-0.05, 0) is 62.2 Å². The maximum Gasteiger partial charge on any atom is 0.261 e. The van der Waals surface area contributed by atoms with E-state index >= 15 is 0 Å². The first-order valence-electron chi connectivity index (χ1n) is 9.30. The number of amides is 2. The van der Waals surface area contributed by atoms with Gasteiger partial charge in [0.05, 0.1) is 18.0 Å². The molecule has 0 heterocycles. The Morgan fingerprint density at radius 1 is 1.10 bits per heavy atom. The minimum atomic E-state index is -3.88. The number of benzene rings is 2. The van der Waals surface area contributed by atoms with Crippen LogP contribution in [0.1, 0.15) is 30.1 Å². The van der Waals surface area contributed by atoms with Gasteiger partial charge >= 0.3 is 0 Å². The van der Waals surface area contributed by atoms with Gasteiger partial charge in [-0.3, -0.25) is 14.3 Å². The van der Waals surface area contributed by atoms with Crippen molar-refractivity contribution in [3.8, 4) is 5.75 Å². The standard InChI is InChI=1S/C20H23N3O5S/c1-2-28-17-10-8-16(9-11-17)23-29(26,27)18-5-3-4-14(12-18)20(25)21-13-19(24)22-15-6-7-15/h3-5,8-12,15,23H,2,6-7,13H2,1H3,(H,21,25)(H,22,24). The van der Waals surface area contributed by atoms with Crippen molar-refractivity contribution in [3.05, 3.63) is 54.1 Å². The zero-order chi connectivity index (χ0) is 20.9. The molecule has 2 aromatic carbocycles. The van der Waals surface area contributed by atoms with E-state index in [4.69, 9.17) is 4.74 Å². The number of sulfonamides is 1. The number of ether oxygens (including phenoxy) is 1. The lowest BCUT2D eigenvalue weighted by Gasteiger charge is -2.11. The molecule has 1 aliphatic carbocycles. The zero-order valence-corrected chi connectivity index (χ0v) is 16.8. The summed E-state index contributed by atoms with van der Waals surface area (Å²) in [6, 6.07) is 12.4. The monoisotopic (exact) mass is 417 g/mol. The molecule has 0 aliphatic heterocycles. The molecule has 0 spiro atoms. The summed E-state index contributed by atoms with van der Waals surface area (Å²) in [5.74, 6) is -0.143. The fourth-order valence-electron chi connectivity index (χ4n) is 2.57. The van der Waals surface area contributed by atoms with Crippen LogP contribution in [0.5, 0.6) is 5.75 Å². The van der Waals surface area contributed by atoms with Crippen molar-refractivity contribution in [1.29, 1.82) is 0 Å². The van der Waals surface area contributed by atoms with E-state index < -0.39 is 15.9 Å². The molecule has 9 heteroatoms. The van der Waals surface area contributed by atoms with Gasteiger partial charge in [0.25, 0.3) is 15.9 Å². The van der Waals surface area contributed by atoms with Crippen LogP contribution in [0.2, 0.25) is 0 Å². The van der Waals surface area contributed by atoms with Crippen LogP contribution in [-0.4, -0.2) is 39.4 Å². The number of carbonyl (C=O) groups excluding carboxylic acids is 2. The lowest BCUT2D eigenvalue weighted by atomic mass is 10.2. The van der Waals surface area contributed by atoms with E-state index in [1.165, 1.54) is 24.3 Å². The minimum Gasteiger partial charge on any atom is -0.494 e. The average Bonchev–Trinajstić information content (AvgIpc) is 3.52. The number of hydrogen-bond acceptors (Lipinski definition) is 5. The molecule has 0 radical (unpaired) electrons. The Balaban J connectivity index is 1.64. The third-order valence-corrected chi connectivity index (χ3v) is 5.55. The topological polar surface area (TPSA) is 114 Å². The molecular formula is C20H23N3O5S. The summed E-state index contributed by atoms with van der Waals surface area (Å²) < 4.78 is 33.1. The Hall–Kier alpha value is -3.07. The SMILES string of the molecule is CCOc1ccc(NS(=O)(=O)c2cccc(C(=O)NCC(=O)NC3CC3)c2)cc1. The van der Waals surface area contributed by atoms with Gasteiger partial charge < -0.3 is 15.4 Å². The van der Waals surface area contributed by atoms with E-state index in [0.29, 0.717) is 18.0 Å². The Labute approximate surface area is 169 Å². The van der Waals surface area contributed by atoms with Gasteiger partial charge in [0.15, 0.2) is 0 Å². The summed E-state index contributed by atoms with van der Waals surface area (Å²) in [7, 11) is -3.88. The highest BCUT2D eigenvalue weighted by molar-refractivity contribution is 7.92. The Morgan fingerprint density at radius 3 is 2.48 bits per heavy atom. The van der Waals surface area contributed by atoms with E-state index in [9.17, 15) is 18.0 Å². The van der Waals surface area contributed by atoms with Crippen LogP contribution in [0, 0.1) is 0 Å². The van der Waals surface area contributed by atoms with Gasteiger partial charge in [0.1, 0.15) is 5.75 Å². The van der Waals surface area contributed by atoms with E-state index in [1.54, 1.807) is 24.3 Å². The molecule has 29 heavy (non-hydrogen) atoms. The summed E-state index contributed by atoms with van der Waals surface area (Å²) in [5.41, 5.74) is 0.527. The zero-order valence-electron chi connectivity index (χ0n) is 16.0. The first-order valence-corrected chi connectivity index (χ1v) is 10.8. The lowest BCUT2D eigenvalue weighted by molar-refractivity contribution is -0.120. The molecule has 3 rings (SSSR count). The van der Waals surface area contributed by atoms with Crippen molar-refractivity contribution in [2.45, 2.75) is 30.7 Å². The highest BCUT2D eigenvalue weighted by atomic mass is 32.2. The smallest absolute Gasteiger partial charge is 0.261 e. The van der Waals surface area contributed by atoms with E-state index in [2.05, 4.69) is 15.4 Å². The molecule has 2 amide bonds. The summed E-state index contributed by atoms with van der Waals surface area (Å²) >= 11 is 0. The number of rotatable bonds is 9. The van der Waals surface area contributed by atoms with Crippen LogP contribution >= 0.6 is 0 Å². The molecule has 0 bridgehead atoms. The van der Waals surface area contributed by atoms with Crippen molar-refractivity contribution in [2.24, 2.45) is 0 Å². The molecule has 0 aromatic heterocycles. The first kappa shape index (κ1) is 20.7. The van der Waals surface area contributed by atoms with Crippen molar-refractivity contribution >= 4 is 27.5 Å². The normalized spacial score (nSPS) is 13.4. The van der Waals surface area contributed by atoms with Crippen molar-refractivity contribution < 1.29 is 22.7 Å². The molecule has 1 fully saturated rings. The minimum absolute atomic E-state index is 0.0542. The molecule has 154 valence electrons. The second-order valence-corrected chi connectivity index (χ2v) is 8.30. The molecular weight excluding hydrogens is 394 g/mol. The van der Waals surface area contributed by atoms with Crippen LogP contribution in [0.25, 0.3) is 0 Å². The summed E-state index contributed by atoms with van der Waals surface area (Å²) in [6.45, 7) is 2.22. The number of anilines is 1. The Bertz CT molecular complexity index is 985. The molecule has 0 unspecified atom stereocenters. The van der Waals surface area contributed by atoms with Crippen molar-refractivity contribution in [3.63, 3.8) is 0 Å². The van der Waals surface area contributed by atoms with Crippen molar-refractivity contribution in [1.82, 2.24) is 10.6 Å². The average molecular weight is 417 g/mol. The maximum atomic E-state index is 12.6. The van der Waals surface area contributed by atoms with Gasteiger partial charge in [-0.25, -0.2) is 8.42 Å².